The molecular weight excluding hydrogens is 238 g/mol. The van der Waals surface area contributed by atoms with Crippen LogP contribution in [-0.2, 0) is 0 Å². The predicted octanol–water partition coefficient (Wildman–Crippen LogP) is 2.42. The highest BCUT2D eigenvalue weighted by Gasteiger charge is 2.04. The maximum atomic E-state index is 5.79. The number of nitrogens with zero attached hydrogens (tertiary/aromatic N) is 1. The van der Waals surface area contributed by atoms with Crippen LogP contribution in [0.5, 0.6) is 5.75 Å². The SMILES string of the molecule is CCNC(=NCC(C)Oc1ccccc1)NC(C)C. The molecule has 0 aliphatic carbocycles. The van der Waals surface area contributed by atoms with Crippen LogP contribution < -0.4 is 15.4 Å². The van der Waals surface area contributed by atoms with Gasteiger partial charge in [0.2, 0.25) is 0 Å². The van der Waals surface area contributed by atoms with Crippen LogP contribution in [0.4, 0.5) is 0 Å². The first kappa shape index (κ1) is 15.3. The summed E-state index contributed by atoms with van der Waals surface area (Å²) in [5, 5.41) is 6.50. The van der Waals surface area contributed by atoms with E-state index in [2.05, 4.69) is 36.4 Å². The highest BCUT2D eigenvalue weighted by Crippen LogP contribution is 2.10. The Balaban J connectivity index is 2.47. The zero-order valence-corrected chi connectivity index (χ0v) is 12.3. The second kappa shape index (κ2) is 8.40. The maximum Gasteiger partial charge on any atom is 0.191 e. The van der Waals surface area contributed by atoms with Crippen LogP contribution >= 0.6 is 0 Å². The largest absolute Gasteiger partial charge is 0.489 e. The van der Waals surface area contributed by atoms with Gasteiger partial charge in [0.05, 0.1) is 6.54 Å². The number of rotatable bonds is 6. The number of hydrogen-bond donors (Lipinski definition) is 2. The summed E-state index contributed by atoms with van der Waals surface area (Å²) in [6, 6.07) is 10.2. The molecule has 1 unspecified atom stereocenters. The molecule has 4 nitrogen and oxygen atoms in total. The molecule has 0 bridgehead atoms. The number of nitrogens with one attached hydrogen (secondary N) is 2. The lowest BCUT2D eigenvalue weighted by molar-refractivity contribution is 0.230. The third-order valence-corrected chi connectivity index (χ3v) is 2.36. The Bertz CT molecular complexity index is 376. The van der Waals surface area contributed by atoms with E-state index in [1.807, 2.05) is 37.3 Å². The second-order valence-corrected chi connectivity index (χ2v) is 4.76. The van der Waals surface area contributed by atoms with Gasteiger partial charge in [-0.25, -0.2) is 4.99 Å². The minimum absolute atomic E-state index is 0.0463. The van der Waals surface area contributed by atoms with Crippen LogP contribution in [0.1, 0.15) is 27.7 Å². The molecule has 0 spiro atoms. The summed E-state index contributed by atoms with van der Waals surface area (Å²) >= 11 is 0. The quantitative estimate of drug-likeness (QED) is 0.612. The summed E-state index contributed by atoms with van der Waals surface area (Å²) < 4.78 is 5.79. The van der Waals surface area contributed by atoms with Gasteiger partial charge in [-0.3, -0.25) is 0 Å². The summed E-state index contributed by atoms with van der Waals surface area (Å²) in [4.78, 5) is 4.52. The average Bonchev–Trinajstić information content (AvgIpc) is 2.37. The van der Waals surface area contributed by atoms with Crippen molar-refractivity contribution in [2.24, 2.45) is 4.99 Å². The summed E-state index contributed by atoms with van der Waals surface area (Å²) in [7, 11) is 0. The van der Waals surface area contributed by atoms with E-state index in [-0.39, 0.29) is 6.10 Å². The molecule has 0 radical (unpaired) electrons. The van der Waals surface area contributed by atoms with Gasteiger partial charge in [-0.15, -0.1) is 0 Å². The van der Waals surface area contributed by atoms with Crippen LogP contribution in [0, 0.1) is 0 Å². The molecular formula is C15H25N3O. The van der Waals surface area contributed by atoms with Gasteiger partial charge < -0.3 is 15.4 Å². The van der Waals surface area contributed by atoms with Gasteiger partial charge in [0.25, 0.3) is 0 Å². The molecule has 1 aromatic rings. The molecule has 19 heavy (non-hydrogen) atoms. The lowest BCUT2D eigenvalue weighted by Crippen LogP contribution is -2.41. The normalized spacial score (nSPS) is 13.2. The minimum Gasteiger partial charge on any atom is -0.489 e. The first-order chi connectivity index (χ1) is 9.11. The van der Waals surface area contributed by atoms with E-state index in [4.69, 9.17) is 4.74 Å². The van der Waals surface area contributed by atoms with E-state index in [0.29, 0.717) is 12.6 Å². The zero-order valence-electron chi connectivity index (χ0n) is 12.3. The van der Waals surface area contributed by atoms with Gasteiger partial charge in [0.1, 0.15) is 11.9 Å². The van der Waals surface area contributed by atoms with E-state index in [9.17, 15) is 0 Å². The fraction of sp³-hybridized carbons (Fsp3) is 0.533. The van der Waals surface area contributed by atoms with Gasteiger partial charge in [-0.1, -0.05) is 18.2 Å². The third-order valence-electron chi connectivity index (χ3n) is 2.36. The van der Waals surface area contributed by atoms with Crippen molar-refractivity contribution in [1.82, 2.24) is 10.6 Å². The topological polar surface area (TPSA) is 45.7 Å². The van der Waals surface area contributed by atoms with E-state index in [0.717, 1.165) is 18.3 Å². The summed E-state index contributed by atoms with van der Waals surface area (Å²) in [5.74, 6) is 1.72. The Morgan fingerprint density at radius 2 is 1.89 bits per heavy atom. The molecule has 2 N–H and O–H groups in total. The molecule has 0 aromatic heterocycles. The van der Waals surface area contributed by atoms with Crippen LogP contribution in [0.15, 0.2) is 35.3 Å². The smallest absolute Gasteiger partial charge is 0.191 e. The van der Waals surface area contributed by atoms with Gasteiger partial charge in [-0.2, -0.15) is 0 Å². The van der Waals surface area contributed by atoms with Crippen molar-refractivity contribution in [3.05, 3.63) is 30.3 Å². The van der Waals surface area contributed by atoms with E-state index in [1.54, 1.807) is 0 Å². The number of hydrogen-bond acceptors (Lipinski definition) is 2. The van der Waals surface area contributed by atoms with Gasteiger partial charge >= 0.3 is 0 Å². The summed E-state index contributed by atoms with van der Waals surface area (Å²) in [6.07, 6.45) is 0.0463. The fourth-order valence-electron chi connectivity index (χ4n) is 1.58. The molecule has 1 aromatic carbocycles. The Hall–Kier alpha value is -1.71. The fourth-order valence-corrected chi connectivity index (χ4v) is 1.58. The van der Waals surface area contributed by atoms with Crippen molar-refractivity contribution in [2.75, 3.05) is 13.1 Å². The maximum absolute atomic E-state index is 5.79. The monoisotopic (exact) mass is 263 g/mol. The molecule has 0 saturated carbocycles. The van der Waals surface area contributed by atoms with Gasteiger partial charge in [0, 0.05) is 12.6 Å². The first-order valence-corrected chi connectivity index (χ1v) is 6.88. The number of benzene rings is 1. The van der Waals surface area contributed by atoms with Crippen LogP contribution in [0.25, 0.3) is 0 Å². The molecule has 0 saturated heterocycles. The van der Waals surface area contributed by atoms with Crippen LogP contribution in [0.3, 0.4) is 0 Å². The number of para-hydroxylation sites is 1. The molecule has 0 aliphatic rings. The number of guanidine groups is 1. The molecule has 106 valence electrons. The number of ether oxygens (including phenoxy) is 1. The molecule has 1 rings (SSSR count). The van der Waals surface area contributed by atoms with Crippen LogP contribution in [-0.4, -0.2) is 31.2 Å². The van der Waals surface area contributed by atoms with Crippen molar-refractivity contribution in [1.29, 1.82) is 0 Å². The molecule has 0 fully saturated rings. The Kier molecular flexibility index (Phi) is 6.79. The average molecular weight is 263 g/mol. The van der Waals surface area contributed by atoms with E-state index < -0.39 is 0 Å². The van der Waals surface area contributed by atoms with Crippen molar-refractivity contribution in [2.45, 2.75) is 39.8 Å². The highest BCUT2D eigenvalue weighted by atomic mass is 16.5. The Morgan fingerprint density at radius 3 is 2.47 bits per heavy atom. The first-order valence-electron chi connectivity index (χ1n) is 6.88. The standard InChI is InChI=1S/C15H25N3O/c1-5-16-15(18-12(2)3)17-11-13(4)19-14-9-7-6-8-10-14/h6-10,12-13H,5,11H2,1-4H3,(H2,16,17,18). The van der Waals surface area contributed by atoms with Crippen molar-refractivity contribution < 1.29 is 4.74 Å². The summed E-state index contributed by atoms with van der Waals surface area (Å²) in [6.45, 7) is 9.74. The van der Waals surface area contributed by atoms with Gasteiger partial charge in [-0.05, 0) is 39.8 Å². The Labute approximate surface area is 116 Å². The molecule has 0 aliphatic heterocycles. The van der Waals surface area contributed by atoms with E-state index >= 15 is 0 Å². The second-order valence-electron chi connectivity index (χ2n) is 4.76. The lowest BCUT2D eigenvalue weighted by Gasteiger charge is -2.16. The van der Waals surface area contributed by atoms with Gasteiger partial charge in [0.15, 0.2) is 5.96 Å². The predicted molar refractivity (Wildman–Crippen MR) is 80.8 cm³/mol. The summed E-state index contributed by atoms with van der Waals surface area (Å²) in [5.41, 5.74) is 0. The Morgan fingerprint density at radius 1 is 1.21 bits per heavy atom. The highest BCUT2D eigenvalue weighted by molar-refractivity contribution is 5.79. The van der Waals surface area contributed by atoms with Crippen LogP contribution in [0.2, 0.25) is 0 Å². The molecule has 0 heterocycles. The lowest BCUT2D eigenvalue weighted by atomic mass is 10.3. The zero-order chi connectivity index (χ0) is 14.1. The van der Waals surface area contributed by atoms with E-state index in [1.165, 1.54) is 0 Å². The van der Waals surface area contributed by atoms with Crippen molar-refractivity contribution in [3.63, 3.8) is 0 Å². The minimum atomic E-state index is 0.0463. The third kappa shape index (κ3) is 6.70. The molecule has 1 atom stereocenters. The van der Waals surface area contributed by atoms with Crippen molar-refractivity contribution in [3.8, 4) is 5.75 Å². The number of aliphatic imine (C=N–C) groups is 1. The van der Waals surface area contributed by atoms with Crippen molar-refractivity contribution >= 4 is 5.96 Å². The molecule has 0 amide bonds. The molecule has 4 heteroatoms.